The van der Waals surface area contributed by atoms with E-state index < -0.39 is 0 Å². The average molecular weight is 285 g/mol. The van der Waals surface area contributed by atoms with Crippen molar-refractivity contribution in [3.8, 4) is 5.75 Å². The number of hydrogen-bond acceptors (Lipinski definition) is 4. The van der Waals surface area contributed by atoms with Crippen LogP contribution in [0.5, 0.6) is 5.75 Å². The third-order valence-corrected chi connectivity index (χ3v) is 3.35. The molecular weight excluding hydrogens is 262 g/mol. The molecule has 2 aromatic rings. The quantitative estimate of drug-likeness (QED) is 0.871. The lowest BCUT2D eigenvalue weighted by Crippen LogP contribution is -2.15. The Morgan fingerprint density at radius 2 is 1.95 bits per heavy atom. The van der Waals surface area contributed by atoms with E-state index in [4.69, 9.17) is 4.74 Å². The number of aryl methyl sites for hydroxylation is 1. The molecule has 0 saturated heterocycles. The number of nitrogens with one attached hydrogen (secondary N) is 1. The Morgan fingerprint density at radius 1 is 1.19 bits per heavy atom. The zero-order chi connectivity index (χ0) is 15.2. The van der Waals surface area contributed by atoms with Crippen LogP contribution in [0.2, 0.25) is 0 Å². The zero-order valence-electron chi connectivity index (χ0n) is 13.1. The van der Waals surface area contributed by atoms with E-state index in [1.54, 1.807) is 13.4 Å². The monoisotopic (exact) mass is 285 g/mol. The van der Waals surface area contributed by atoms with Crippen LogP contribution in [0.1, 0.15) is 37.6 Å². The lowest BCUT2D eigenvalue weighted by atomic mass is 9.96. The molecule has 1 aromatic heterocycles. The third-order valence-electron chi connectivity index (χ3n) is 3.35. The molecule has 0 bridgehead atoms. The first-order chi connectivity index (χ1) is 10.1. The van der Waals surface area contributed by atoms with E-state index in [1.165, 1.54) is 0 Å². The van der Waals surface area contributed by atoms with Crippen LogP contribution in [0.25, 0.3) is 0 Å². The number of hydrogen-bond donors (Lipinski definition) is 1. The van der Waals surface area contributed by atoms with E-state index in [0.29, 0.717) is 5.92 Å². The van der Waals surface area contributed by atoms with Gasteiger partial charge in [-0.25, -0.2) is 9.97 Å². The first-order valence-corrected chi connectivity index (χ1v) is 7.28. The molecule has 0 spiro atoms. The summed E-state index contributed by atoms with van der Waals surface area (Å²) in [6.07, 6.45) is 2.59. The van der Waals surface area contributed by atoms with Gasteiger partial charge in [0.25, 0.3) is 0 Å². The van der Waals surface area contributed by atoms with E-state index in [0.717, 1.165) is 29.2 Å². The highest BCUT2D eigenvalue weighted by Gasteiger charge is 2.17. The number of anilines is 1. The van der Waals surface area contributed by atoms with Crippen LogP contribution in [0.15, 0.2) is 36.7 Å². The van der Waals surface area contributed by atoms with Gasteiger partial charge in [0.15, 0.2) is 0 Å². The van der Waals surface area contributed by atoms with E-state index in [-0.39, 0.29) is 6.04 Å². The molecule has 0 fully saturated rings. The minimum Gasteiger partial charge on any atom is -0.496 e. The molecule has 1 unspecified atom stereocenters. The first kappa shape index (κ1) is 15.3. The summed E-state index contributed by atoms with van der Waals surface area (Å²) in [6.45, 7) is 6.40. The maximum absolute atomic E-state index is 5.50. The molecule has 0 radical (unpaired) electrons. The Bertz CT molecular complexity index is 584. The average Bonchev–Trinajstić information content (AvgIpc) is 2.46. The fraction of sp³-hybridized carbons (Fsp3) is 0.412. The molecule has 0 aliphatic heterocycles. The molecule has 0 aliphatic rings. The molecule has 112 valence electrons. The van der Waals surface area contributed by atoms with Crippen molar-refractivity contribution in [2.75, 3.05) is 12.4 Å². The predicted octanol–water partition coefficient (Wildman–Crippen LogP) is 3.99. The third kappa shape index (κ3) is 4.18. The van der Waals surface area contributed by atoms with Gasteiger partial charge in [0.05, 0.1) is 13.2 Å². The molecule has 0 saturated carbocycles. The van der Waals surface area contributed by atoms with Crippen LogP contribution in [-0.4, -0.2) is 17.1 Å². The van der Waals surface area contributed by atoms with E-state index >= 15 is 0 Å². The molecular formula is C17H23N3O. The summed E-state index contributed by atoms with van der Waals surface area (Å²) >= 11 is 0. The van der Waals surface area contributed by atoms with Crippen molar-refractivity contribution in [1.82, 2.24) is 9.97 Å². The number of ether oxygens (including phenoxy) is 1. The predicted molar refractivity (Wildman–Crippen MR) is 85.6 cm³/mol. The van der Waals surface area contributed by atoms with Gasteiger partial charge in [-0.2, -0.15) is 0 Å². The van der Waals surface area contributed by atoms with Crippen molar-refractivity contribution in [2.45, 2.75) is 33.2 Å². The topological polar surface area (TPSA) is 47.0 Å². The summed E-state index contributed by atoms with van der Waals surface area (Å²) in [5.74, 6) is 2.32. The van der Waals surface area contributed by atoms with Crippen molar-refractivity contribution in [2.24, 2.45) is 5.92 Å². The second kappa shape index (κ2) is 7.07. The smallest absolute Gasteiger partial charge is 0.130 e. The highest BCUT2D eigenvalue weighted by molar-refractivity contribution is 5.43. The number of methoxy groups -OCH3 is 1. The minimum absolute atomic E-state index is 0.162. The van der Waals surface area contributed by atoms with Gasteiger partial charge in [-0.05, 0) is 25.3 Å². The van der Waals surface area contributed by atoms with E-state index in [1.807, 2.05) is 31.2 Å². The molecule has 1 aromatic carbocycles. The van der Waals surface area contributed by atoms with Crippen molar-refractivity contribution in [3.05, 3.63) is 47.9 Å². The Morgan fingerprint density at radius 3 is 2.62 bits per heavy atom. The van der Waals surface area contributed by atoms with Crippen LogP contribution in [0.3, 0.4) is 0 Å². The van der Waals surface area contributed by atoms with E-state index in [2.05, 4.69) is 35.2 Å². The summed E-state index contributed by atoms with van der Waals surface area (Å²) in [5, 5.41) is 3.51. The fourth-order valence-electron chi connectivity index (χ4n) is 2.40. The van der Waals surface area contributed by atoms with Gasteiger partial charge in [0.1, 0.15) is 17.9 Å². The molecule has 1 atom stereocenters. The summed E-state index contributed by atoms with van der Waals surface area (Å²) in [6, 6.07) is 10.3. The first-order valence-electron chi connectivity index (χ1n) is 7.28. The van der Waals surface area contributed by atoms with Crippen molar-refractivity contribution < 1.29 is 4.74 Å². The van der Waals surface area contributed by atoms with Gasteiger partial charge in [0.2, 0.25) is 0 Å². The second-order valence-electron chi connectivity index (χ2n) is 5.61. The van der Waals surface area contributed by atoms with Crippen LogP contribution in [0, 0.1) is 12.8 Å². The summed E-state index contributed by atoms with van der Waals surface area (Å²) in [7, 11) is 1.71. The van der Waals surface area contributed by atoms with Gasteiger partial charge in [-0.1, -0.05) is 32.0 Å². The summed E-state index contributed by atoms with van der Waals surface area (Å²) < 4.78 is 5.50. The highest BCUT2D eigenvalue weighted by atomic mass is 16.5. The van der Waals surface area contributed by atoms with Crippen LogP contribution < -0.4 is 10.1 Å². The number of aromatic nitrogens is 2. The van der Waals surface area contributed by atoms with Crippen molar-refractivity contribution >= 4 is 5.82 Å². The Kier molecular flexibility index (Phi) is 5.14. The standard InChI is InChI=1S/C17H23N3O/c1-12(2)9-15(14-7-5-6-8-16(14)21-4)20-17-10-13(3)18-11-19-17/h5-8,10-12,15H,9H2,1-4H3,(H,18,19,20). The molecule has 0 aliphatic carbocycles. The maximum Gasteiger partial charge on any atom is 0.130 e. The normalized spacial score (nSPS) is 12.2. The van der Waals surface area contributed by atoms with Crippen molar-refractivity contribution in [1.29, 1.82) is 0 Å². The van der Waals surface area contributed by atoms with Crippen LogP contribution >= 0.6 is 0 Å². The molecule has 0 amide bonds. The molecule has 1 heterocycles. The number of rotatable bonds is 6. The van der Waals surface area contributed by atoms with Gasteiger partial charge >= 0.3 is 0 Å². The molecule has 4 heteroatoms. The fourth-order valence-corrected chi connectivity index (χ4v) is 2.40. The van der Waals surface area contributed by atoms with Crippen LogP contribution in [-0.2, 0) is 0 Å². The van der Waals surface area contributed by atoms with Gasteiger partial charge in [0, 0.05) is 17.3 Å². The van der Waals surface area contributed by atoms with Gasteiger partial charge < -0.3 is 10.1 Å². The lowest BCUT2D eigenvalue weighted by Gasteiger charge is -2.23. The second-order valence-corrected chi connectivity index (χ2v) is 5.61. The molecule has 21 heavy (non-hydrogen) atoms. The maximum atomic E-state index is 5.50. The highest BCUT2D eigenvalue weighted by Crippen LogP contribution is 2.31. The minimum atomic E-state index is 0.162. The SMILES string of the molecule is COc1ccccc1C(CC(C)C)Nc1cc(C)ncn1. The Balaban J connectivity index is 2.30. The molecule has 4 nitrogen and oxygen atoms in total. The van der Waals surface area contributed by atoms with Crippen LogP contribution in [0.4, 0.5) is 5.82 Å². The zero-order valence-corrected chi connectivity index (χ0v) is 13.1. The van der Waals surface area contributed by atoms with Crippen molar-refractivity contribution in [3.63, 3.8) is 0 Å². The Hall–Kier alpha value is -2.10. The number of benzene rings is 1. The number of para-hydroxylation sites is 1. The Labute approximate surface area is 126 Å². The van der Waals surface area contributed by atoms with Gasteiger partial charge in [-0.15, -0.1) is 0 Å². The molecule has 2 rings (SSSR count). The lowest BCUT2D eigenvalue weighted by molar-refractivity contribution is 0.402. The van der Waals surface area contributed by atoms with E-state index in [9.17, 15) is 0 Å². The number of nitrogens with zero attached hydrogens (tertiary/aromatic N) is 2. The molecule has 1 N–H and O–H groups in total. The van der Waals surface area contributed by atoms with Gasteiger partial charge in [-0.3, -0.25) is 0 Å². The summed E-state index contributed by atoms with van der Waals surface area (Å²) in [5.41, 5.74) is 2.11. The largest absolute Gasteiger partial charge is 0.496 e. The summed E-state index contributed by atoms with van der Waals surface area (Å²) in [4.78, 5) is 8.44.